The van der Waals surface area contributed by atoms with Crippen LogP contribution in [0.4, 0.5) is 5.69 Å². The lowest BCUT2D eigenvalue weighted by Crippen LogP contribution is -3.28. The van der Waals surface area contributed by atoms with Crippen molar-refractivity contribution in [1.29, 1.82) is 0 Å². The van der Waals surface area contributed by atoms with Crippen molar-refractivity contribution in [2.75, 3.05) is 45.1 Å². The Morgan fingerprint density at radius 2 is 1.68 bits per heavy atom. The van der Waals surface area contributed by atoms with Crippen LogP contribution in [0.2, 0.25) is 0 Å². The summed E-state index contributed by atoms with van der Waals surface area (Å²) in [7, 11) is 1.59. The van der Waals surface area contributed by atoms with Crippen LogP contribution in [-0.2, 0) is 11.3 Å². The number of anilines is 1. The molecule has 2 aromatic rings. The third kappa shape index (κ3) is 5.41. The fourth-order valence-corrected chi connectivity index (χ4v) is 3.70. The van der Waals surface area contributed by atoms with E-state index < -0.39 is 0 Å². The van der Waals surface area contributed by atoms with Gasteiger partial charge in [-0.05, 0) is 30.7 Å². The van der Waals surface area contributed by atoms with Crippen LogP contribution in [0, 0.1) is 6.92 Å². The SMILES string of the molecule is CNC(=O)c1cccc(NC(=O)C[NH+]2CC[NH+](Cc3ccccc3C)CC2)c1. The topological polar surface area (TPSA) is 67.1 Å². The Labute approximate surface area is 166 Å². The van der Waals surface area contributed by atoms with Crippen LogP contribution in [0.5, 0.6) is 0 Å². The van der Waals surface area contributed by atoms with Gasteiger partial charge < -0.3 is 20.4 Å². The van der Waals surface area contributed by atoms with E-state index in [1.165, 1.54) is 16.0 Å². The molecule has 0 atom stereocenters. The van der Waals surface area contributed by atoms with E-state index in [0.29, 0.717) is 17.8 Å². The number of nitrogens with one attached hydrogen (secondary N) is 4. The molecule has 0 unspecified atom stereocenters. The molecule has 1 aliphatic rings. The largest absolute Gasteiger partial charge is 0.355 e. The smallest absolute Gasteiger partial charge is 0.279 e. The molecule has 6 heteroatoms. The number of hydrogen-bond donors (Lipinski definition) is 4. The first-order chi connectivity index (χ1) is 13.5. The van der Waals surface area contributed by atoms with Gasteiger partial charge in [-0.15, -0.1) is 0 Å². The second kappa shape index (κ2) is 9.48. The van der Waals surface area contributed by atoms with E-state index in [9.17, 15) is 9.59 Å². The number of amides is 2. The summed E-state index contributed by atoms with van der Waals surface area (Å²) in [5.74, 6) is -0.166. The molecule has 2 aromatic carbocycles. The summed E-state index contributed by atoms with van der Waals surface area (Å²) in [5, 5.41) is 5.51. The Morgan fingerprint density at radius 1 is 0.964 bits per heavy atom. The first-order valence-corrected chi connectivity index (χ1v) is 9.89. The summed E-state index contributed by atoms with van der Waals surface area (Å²) < 4.78 is 0. The molecular weight excluding hydrogens is 352 g/mol. The van der Waals surface area contributed by atoms with Crippen molar-refractivity contribution in [3.63, 3.8) is 0 Å². The molecule has 0 radical (unpaired) electrons. The lowest BCUT2D eigenvalue weighted by Gasteiger charge is -2.29. The molecule has 1 aliphatic heterocycles. The third-order valence-electron chi connectivity index (χ3n) is 5.41. The first-order valence-electron chi connectivity index (χ1n) is 9.89. The van der Waals surface area contributed by atoms with Crippen molar-refractivity contribution in [3.8, 4) is 0 Å². The van der Waals surface area contributed by atoms with Gasteiger partial charge in [-0.3, -0.25) is 9.59 Å². The zero-order valence-electron chi connectivity index (χ0n) is 16.7. The van der Waals surface area contributed by atoms with Crippen LogP contribution in [0.15, 0.2) is 48.5 Å². The van der Waals surface area contributed by atoms with E-state index in [4.69, 9.17) is 0 Å². The lowest BCUT2D eigenvalue weighted by atomic mass is 10.1. The number of benzene rings is 2. The van der Waals surface area contributed by atoms with Crippen molar-refractivity contribution >= 4 is 17.5 Å². The van der Waals surface area contributed by atoms with Crippen LogP contribution in [0.1, 0.15) is 21.5 Å². The number of hydrogen-bond acceptors (Lipinski definition) is 2. The van der Waals surface area contributed by atoms with Crippen LogP contribution >= 0.6 is 0 Å². The highest BCUT2D eigenvalue weighted by molar-refractivity contribution is 5.97. The maximum atomic E-state index is 12.4. The van der Waals surface area contributed by atoms with Crippen molar-refractivity contribution in [2.45, 2.75) is 13.5 Å². The van der Waals surface area contributed by atoms with Crippen molar-refractivity contribution in [3.05, 3.63) is 65.2 Å². The fraction of sp³-hybridized carbons (Fsp3) is 0.364. The van der Waals surface area contributed by atoms with Gasteiger partial charge in [0.25, 0.3) is 11.8 Å². The van der Waals surface area contributed by atoms with Gasteiger partial charge in [0.2, 0.25) is 0 Å². The second-order valence-corrected chi connectivity index (χ2v) is 7.49. The number of aryl methyl sites for hydroxylation is 1. The van der Waals surface area contributed by atoms with Crippen LogP contribution in [-0.4, -0.2) is 51.6 Å². The Hall–Kier alpha value is -2.70. The van der Waals surface area contributed by atoms with E-state index in [-0.39, 0.29) is 11.8 Å². The minimum atomic E-state index is -0.158. The molecule has 0 bridgehead atoms. The number of carbonyl (C=O) groups excluding carboxylic acids is 2. The molecule has 28 heavy (non-hydrogen) atoms. The highest BCUT2D eigenvalue weighted by Gasteiger charge is 2.25. The Kier molecular flexibility index (Phi) is 6.79. The monoisotopic (exact) mass is 382 g/mol. The second-order valence-electron chi connectivity index (χ2n) is 7.49. The van der Waals surface area contributed by atoms with Gasteiger partial charge in [-0.1, -0.05) is 30.3 Å². The minimum Gasteiger partial charge on any atom is -0.355 e. The van der Waals surface area contributed by atoms with Gasteiger partial charge in [0.05, 0.1) is 0 Å². The molecule has 3 rings (SSSR count). The van der Waals surface area contributed by atoms with Gasteiger partial charge in [0.15, 0.2) is 6.54 Å². The maximum Gasteiger partial charge on any atom is 0.279 e. The van der Waals surface area contributed by atoms with Gasteiger partial charge >= 0.3 is 0 Å². The highest BCUT2D eigenvalue weighted by Crippen LogP contribution is 2.10. The predicted octanol–water partition coefficient (Wildman–Crippen LogP) is -0.723. The van der Waals surface area contributed by atoms with E-state index >= 15 is 0 Å². The third-order valence-corrected chi connectivity index (χ3v) is 5.41. The van der Waals surface area contributed by atoms with E-state index in [0.717, 1.165) is 32.7 Å². The van der Waals surface area contributed by atoms with Crippen molar-refractivity contribution in [2.24, 2.45) is 0 Å². The molecule has 1 heterocycles. The number of carbonyl (C=O) groups is 2. The summed E-state index contributed by atoms with van der Waals surface area (Å²) >= 11 is 0. The zero-order chi connectivity index (χ0) is 19.9. The highest BCUT2D eigenvalue weighted by atomic mass is 16.2. The van der Waals surface area contributed by atoms with Gasteiger partial charge in [-0.25, -0.2) is 0 Å². The molecule has 0 aliphatic carbocycles. The normalized spacial score (nSPS) is 19.1. The molecule has 0 saturated carbocycles. The summed E-state index contributed by atoms with van der Waals surface area (Å²) in [5.41, 5.74) is 3.97. The number of rotatable bonds is 6. The number of piperazine rings is 1. The van der Waals surface area contributed by atoms with E-state index in [1.807, 2.05) is 6.07 Å². The fourth-order valence-electron chi connectivity index (χ4n) is 3.70. The van der Waals surface area contributed by atoms with Crippen LogP contribution in [0.25, 0.3) is 0 Å². The first kappa shape index (κ1) is 20.0. The molecule has 1 saturated heterocycles. The van der Waals surface area contributed by atoms with Crippen LogP contribution in [0.3, 0.4) is 0 Å². The maximum absolute atomic E-state index is 12.4. The average molecular weight is 383 g/mol. The van der Waals surface area contributed by atoms with Crippen LogP contribution < -0.4 is 20.4 Å². The van der Waals surface area contributed by atoms with Crippen molar-refractivity contribution in [1.82, 2.24) is 5.32 Å². The average Bonchev–Trinajstić information content (AvgIpc) is 2.70. The van der Waals surface area contributed by atoms with Gasteiger partial charge in [-0.2, -0.15) is 0 Å². The molecule has 2 amide bonds. The zero-order valence-corrected chi connectivity index (χ0v) is 16.7. The molecule has 0 aromatic heterocycles. The summed E-state index contributed by atoms with van der Waals surface area (Å²) in [6.07, 6.45) is 0. The van der Waals surface area contributed by atoms with Gasteiger partial charge in [0, 0.05) is 23.9 Å². The quantitative estimate of drug-likeness (QED) is 0.533. The molecular formula is C22H30N4O2+2. The molecule has 0 spiro atoms. The van der Waals surface area contributed by atoms with E-state index in [2.05, 4.69) is 41.8 Å². The minimum absolute atomic E-state index is 0.00795. The molecule has 148 valence electrons. The molecule has 6 nitrogen and oxygen atoms in total. The predicted molar refractivity (Wildman–Crippen MR) is 110 cm³/mol. The summed E-state index contributed by atoms with van der Waals surface area (Å²) in [4.78, 5) is 27.0. The van der Waals surface area contributed by atoms with Crippen molar-refractivity contribution < 1.29 is 19.4 Å². The molecule has 1 fully saturated rings. The standard InChI is InChI=1S/C22H28N4O2/c1-17-6-3-4-7-19(17)15-25-10-12-26(13-11-25)16-21(27)24-20-9-5-8-18(14-20)22(28)23-2/h3-9,14H,10-13,15-16H2,1-2H3,(H,23,28)(H,24,27)/p+2. The Balaban J connectivity index is 1.46. The lowest BCUT2D eigenvalue weighted by molar-refractivity contribution is -1.02. The number of quaternary nitrogens is 2. The van der Waals surface area contributed by atoms with E-state index in [1.54, 1.807) is 30.1 Å². The summed E-state index contributed by atoms with van der Waals surface area (Å²) in [6.45, 7) is 7.81. The molecule has 4 N–H and O–H groups in total. The summed E-state index contributed by atoms with van der Waals surface area (Å²) in [6, 6.07) is 15.6. The van der Waals surface area contributed by atoms with Gasteiger partial charge in [0.1, 0.15) is 32.7 Å². The Bertz CT molecular complexity index is 829. The Morgan fingerprint density at radius 3 is 2.39 bits per heavy atom.